The van der Waals surface area contributed by atoms with Gasteiger partial charge < -0.3 is 10.1 Å². The van der Waals surface area contributed by atoms with Crippen molar-refractivity contribution in [1.82, 2.24) is 4.98 Å². The van der Waals surface area contributed by atoms with Gasteiger partial charge in [-0.3, -0.25) is 0 Å². The second kappa shape index (κ2) is 5.15. The quantitative estimate of drug-likeness (QED) is 0.768. The average Bonchev–Trinajstić information content (AvgIpc) is 2.59. The maximum atomic E-state index is 9.70. The summed E-state index contributed by atoms with van der Waals surface area (Å²) in [7, 11) is 0. The van der Waals surface area contributed by atoms with Crippen molar-refractivity contribution in [1.29, 1.82) is 0 Å². The van der Waals surface area contributed by atoms with Gasteiger partial charge in [0.2, 0.25) is 0 Å². The van der Waals surface area contributed by atoms with E-state index in [0.29, 0.717) is 0 Å². The topological polar surface area (TPSA) is 36.0 Å². The van der Waals surface area contributed by atoms with Crippen LogP contribution in [0.2, 0.25) is 0 Å². The van der Waals surface area contributed by atoms with Gasteiger partial charge in [0.15, 0.2) is 0 Å². The number of rotatable bonds is 5. The summed E-state index contributed by atoms with van der Waals surface area (Å²) in [5.41, 5.74) is 3.41. The second-order valence-corrected chi connectivity index (χ2v) is 5.79. The Hall–Kier alpha value is -1.28. The van der Waals surface area contributed by atoms with Crippen LogP contribution in [-0.2, 0) is 6.42 Å². The summed E-state index contributed by atoms with van der Waals surface area (Å²) in [6.45, 7) is 5.90. The maximum absolute atomic E-state index is 9.70. The molecule has 2 nitrogen and oxygen atoms in total. The molecule has 0 aliphatic rings. The lowest BCUT2D eigenvalue weighted by Crippen LogP contribution is -2.17. The van der Waals surface area contributed by atoms with Gasteiger partial charge in [-0.05, 0) is 51.7 Å². The van der Waals surface area contributed by atoms with E-state index in [4.69, 9.17) is 0 Å². The molecular weight excluding hydrogens is 222 g/mol. The number of aromatic amines is 1. The van der Waals surface area contributed by atoms with Crippen LogP contribution in [0.4, 0.5) is 0 Å². The third-order valence-electron chi connectivity index (χ3n) is 3.49. The summed E-state index contributed by atoms with van der Waals surface area (Å²) in [6, 6.07) is 8.47. The predicted molar refractivity (Wildman–Crippen MR) is 76.9 cm³/mol. The first-order valence-electron chi connectivity index (χ1n) is 6.76. The van der Waals surface area contributed by atoms with Gasteiger partial charge in [-0.1, -0.05) is 24.6 Å². The Balaban J connectivity index is 2.01. The van der Waals surface area contributed by atoms with Crippen molar-refractivity contribution < 1.29 is 5.11 Å². The fourth-order valence-corrected chi connectivity index (χ4v) is 2.52. The van der Waals surface area contributed by atoms with Gasteiger partial charge in [0.05, 0.1) is 5.60 Å². The molecule has 0 aliphatic carbocycles. The molecule has 98 valence electrons. The lowest BCUT2D eigenvalue weighted by atomic mass is 9.98. The molecule has 2 N–H and O–H groups in total. The van der Waals surface area contributed by atoms with E-state index in [1.807, 2.05) is 13.8 Å². The van der Waals surface area contributed by atoms with Crippen LogP contribution in [0, 0.1) is 6.92 Å². The molecule has 0 spiro atoms. The van der Waals surface area contributed by atoms with Crippen molar-refractivity contribution in [3.63, 3.8) is 0 Å². The zero-order valence-corrected chi connectivity index (χ0v) is 11.6. The number of fused-ring (bicyclic) bond motifs is 1. The highest BCUT2D eigenvalue weighted by atomic mass is 16.3. The minimum Gasteiger partial charge on any atom is -0.390 e. The molecule has 1 aromatic carbocycles. The van der Waals surface area contributed by atoms with Crippen LogP contribution in [0.25, 0.3) is 10.9 Å². The molecule has 0 saturated heterocycles. The molecule has 0 aliphatic heterocycles. The van der Waals surface area contributed by atoms with E-state index < -0.39 is 5.60 Å². The van der Waals surface area contributed by atoms with Gasteiger partial charge >= 0.3 is 0 Å². The van der Waals surface area contributed by atoms with E-state index in [2.05, 4.69) is 36.2 Å². The number of aryl methyl sites for hydroxylation is 2. The molecule has 1 aromatic heterocycles. The lowest BCUT2D eigenvalue weighted by molar-refractivity contribution is 0.0682. The molecule has 0 amide bonds. The zero-order chi connectivity index (χ0) is 13.2. The molecule has 2 rings (SSSR count). The SMILES string of the molecule is Cc1[nH]c2ccccc2c1CCCCC(C)(C)O. The first-order valence-corrected chi connectivity index (χ1v) is 6.76. The number of H-pyrrole nitrogens is 1. The Morgan fingerprint density at radius 1 is 1.17 bits per heavy atom. The molecule has 0 saturated carbocycles. The smallest absolute Gasteiger partial charge is 0.0591 e. The number of benzene rings is 1. The molecule has 1 heterocycles. The van der Waals surface area contributed by atoms with Gasteiger partial charge in [-0.15, -0.1) is 0 Å². The standard InChI is InChI=1S/C16H23NO/c1-12-13(8-6-7-11-16(2,3)18)14-9-4-5-10-15(14)17-12/h4-5,9-10,17-18H,6-8,11H2,1-3H3. The molecule has 2 heteroatoms. The maximum Gasteiger partial charge on any atom is 0.0591 e. The number of para-hydroxylation sites is 1. The predicted octanol–water partition coefficient (Wildman–Crippen LogP) is 3.96. The van der Waals surface area contributed by atoms with E-state index in [1.165, 1.54) is 22.2 Å². The highest BCUT2D eigenvalue weighted by molar-refractivity contribution is 5.84. The monoisotopic (exact) mass is 245 g/mol. The van der Waals surface area contributed by atoms with Crippen LogP contribution in [0.15, 0.2) is 24.3 Å². The van der Waals surface area contributed by atoms with E-state index in [9.17, 15) is 5.11 Å². The molecule has 0 fully saturated rings. The largest absolute Gasteiger partial charge is 0.390 e. The highest BCUT2D eigenvalue weighted by Crippen LogP contribution is 2.24. The van der Waals surface area contributed by atoms with Crippen molar-refractivity contribution in [3.05, 3.63) is 35.5 Å². The number of aromatic nitrogens is 1. The van der Waals surface area contributed by atoms with Gasteiger partial charge in [-0.2, -0.15) is 0 Å². The van der Waals surface area contributed by atoms with E-state index in [0.717, 1.165) is 25.7 Å². The third kappa shape index (κ3) is 3.14. The fourth-order valence-electron chi connectivity index (χ4n) is 2.52. The van der Waals surface area contributed by atoms with Crippen molar-refractivity contribution >= 4 is 10.9 Å². The lowest BCUT2D eigenvalue weighted by Gasteiger charge is -2.16. The molecule has 18 heavy (non-hydrogen) atoms. The van der Waals surface area contributed by atoms with Crippen LogP contribution in [0.1, 0.15) is 44.4 Å². The molecule has 0 atom stereocenters. The third-order valence-corrected chi connectivity index (χ3v) is 3.49. The van der Waals surface area contributed by atoms with Crippen molar-refractivity contribution in [3.8, 4) is 0 Å². The van der Waals surface area contributed by atoms with Gasteiger partial charge in [0.1, 0.15) is 0 Å². The molecule has 0 unspecified atom stereocenters. The molecule has 0 bridgehead atoms. The van der Waals surface area contributed by atoms with E-state index in [1.54, 1.807) is 0 Å². The molecular formula is C16H23NO. The Labute approximate surface area is 109 Å². The summed E-state index contributed by atoms with van der Waals surface area (Å²) in [5.74, 6) is 0. The van der Waals surface area contributed by atoms with E-state index >= 15 is 0 Å². The minimum absolute atomic E-state index is 0.532. The molecule has 2 aromatic rings. The summed E-state index contributed by atoms with van der Waals surface area (Å²) in [5, 5.41) is 11.0. The minimum atomic E-state index is -0.532. The average molecular weight is 245 g/mol. The number of nitrogens with one attached hydrogen (secondary N) is 1. The van der Waals surface area contributed by atoms with Crippen molar-refractivity contribution in [2.45, 2.75) is 52.1 Å². The Bertz CT molecular complexity index is 519. The summed E-state index contributed by atoms with van der Waals surface area (Å²) >= 11 is 0. The molecule has 0 radical (unpaired) electrons. The Kier molecular flexibility index (Phi) is 3.76. The number of aliphatic hydroxyl groups is 1. The van der Waals surface area contributed by atoms with E-state index in [-0.39, 0.29) is 0 Å². The van der Waals surface area contributed by atoms with Crippen LogP contribution < -0.4 is 0 Å². The van der Waals surface area contributed by atoms with Gasteiger partial charge in [0, 0.05) is 16.6 Å². The zero-order valence-electron chi connectivity index (χ0n) is 11.6. The normalized spacial score (nSPS) is 12.2. The van der Waals surface area contributed by atoms with Gasteiger partial charge in [0.25, 0.3) is 0 Å². The van der Waals surface area contributed by atoms with Crippen LogP contribution in [0.5, 0.6) is 0 Å². The Morgan fingerprint density at radius 3 is 2.61 bits per heavy atom. The summed E-state index contributed by atoms with van der Waals surface area (Å²) in [6.07, 6.45) is 4.16. The van der Waals surface area contributed by atoms with Crippen LogP contribution in [-0.4, -0.2) is 15.7 Å². The first-order chi connectivity index (χ1) is 8.47. The number of hydrogen-bond donors (Lipinski definition) is 2. The highest BCUT2D eigenvalue weighted by Gasteiger charge is 2.12. The number of unbranched alkanes of at least 4 members (excludes halogenated alkanes) is 1. The van der Waals surface area contributed by atoms with Crippen LogP contribution in [0.3, 0.4) is 0 Å². The van der Waals surface area contributed by atoms with Crippen molar-refractivity contribution in [2.75, 3.05) is 0 Å². The first kappa shape index (κ1) is 13.2. The second-order valence-electron chi connectivity index (χ2n) is 5.79. The van der Waals surface area contributed by atoms with Crippen LogP contribution >= 0.6 is 0 Å². The Morgan fingerprint density at radius 2 is 1.89 bits per heavy atom. The van der Waals surface area contributed by atoms with Crippen molar-refractivity contribution in [2.24, 2.45) is 0 Å². The summed E-state index contributed by atoms with van der Waals surface area (Å²) in [4.78, 5) is 3.43. The van der Waals surface area contributed by atoms with Gasteiger partial charge in [-0.25, -0.2) is 0 Å². The number of hydrogen-bond acceptors (Lipinski definition) is 1. The summed E-state index contributed by atoms with van der Waals surface area (Å²) < 4.78 is 0. The fraction of sp³-hybridized carbons (Fsp3) is 0.500.